The van der Waals surface area contributed by atoms with Gasteiger partial charge < -0.3 is 10.6 Å². The number of hydrogen-bond donors (Lipinski definition) is 2. The Morgan fingerprint density at radius 2 is 0.632 bits per heavy atom. The normalized spacial score (nSPS) is 12.8. The fourth-order valence-corrected chi connectivity index (χ4v) is 5.45. The average Bonchev–Trinajstić information content (AvgIpc) is 2.92. The molecule has 0 spiro atoms. The van der Waals surface area contributed by atoms with Gasteiger partial charge in [-0.2, -0.15) is 0 Å². The summed E-state index contributed by atoms with van der Waals surface area (Å²) in [5.41, 5.74) is 0. The highest BCUT2D eigenvalue weighted by Gasteiger charge is 2.19. The molecule has 0 saturated heterocycles. The minimum Gasteiger partial charge on any atom is -0.354 e. The zero-order valence-corrected chi connectivity index (χ0v) is 26.4. The van der Waals surface area contributed by atoms with Crippen LogP contribution in [0.4, 0.5) is 0 Å². The summed E-state index contributed by atoms with van der Waals surface area (Å²) < 4.78 is 0. The van der Waals surface area contributed by atoms with E-state index < -0.39 is 0 Å². The first-order chi connectivity index (χ1) is 18.6. The Kier molecular flexibility index (Phi) is 28.1. The molecule has 2 N–H and O–H groups in total. The second-order valence-corrected chi connectivity index (χ2v) is 11.8. The van der Waals surface area contributed by atoms with E-state index in [4.69, 9.17) is 0 Å². The Labute approximate surface area is 238 Å². The molecule has 0 rings (SSSR count). The molecule has 0 aromatic heterocycles. The molecule has 0 radical (unpaired) electrons. The van der Waals surface area contributed by atoms with E-state index in [9.17, 15) is 9.59 Å². The minimum atomic E-state index is 0.131. The zero-order valence-electron chi connectivity index (χ0n) is 26.4. The molecule has 0 fully saturated rings. The summed E-state index contributed by atoms with van der Waals surface area (Å²) in [4.78, 5) is 25.9. The van der Waals surface area contributed by atoms with Crippen LogP contribution in [-0.4, -0.2) is 24.9 Å². The number of carbonyl (C=O) groups excluding carboxylic acids is 2. The fourth-order valence-electron chi connectivity index (χ4n) is 5.45. The summed E-state index contributed by atoms with van der Waals surface area (Å²) in [7, 11) is 0. The molecule has 4 heteroatoms. The molecular weight excluding hydrogens is 468 g/mol. The van der Waals surface area contributed by atoms with Gasteiger partial charge in [0.25, 0.3) is 0 Å². The van der Waals surface area contributed by atoms with Crippen LogP contribution in [-0.2, 0) is 9.59 Å². The molecule has 0 aliphatic rings. The molecule has 0 heterocycles. The van der Waals surface area contributed by atoms with Crippen LogP contribution >= 0.6 is 0 Å². The van der Waals surface area contributed by atoms with E-state index in [1.165, 1.54) is 103 Å². The molecule has 0 aromatic carbocycles. The first kappa shape index (κ1) is 36.9. The van der Waals surface area contributed by atoms with E-state index in [-0.39, 0.29) is 23.7 Å². The molecule has 2 atom stereocenters. The van der Waals surface area contributed by atoms with Gasteiger partial charge in [0.15, 0.2) is 0 Å². The molecule has 2 amide bonds. The van der Waals surface area contributed by atoms with Gasteiger partial charge in [-0.1, -0.05) is 156 Å². The number of amides is 2. The van der Waals surface area contributed by atoms with Crippen molar-refractivity contribution >= 4 is 11.8 Å². The third kappa shape index (κ3) is 22.9. The zero-order chi connectivity index (χ0) is 28.1. The number of rotatable bonds is 29. The van der Waals surface area contributed by atoms with Crippen LogP contribution in [0.3, 0.4) is 0 Å². The van der Waals surface area contributed by atoms with Gasteiger partial charge in [0, 0.05) is 24.9 Å². The van der Waals surface area contributed by atoms with Crippen molar-refractivity contribution in [1.82, 2.24) is 10.6 Å². The highest BCUT2D eigenvalue weighted by atomic mass is 16.2. The van der Waals surface area contributed by atoms with E-state index in [2.05, 4.69) is 38.3 Å². The fraction of sp³-hybridized carbons (Fsp3) is 0.941. The molecule has 0 aromatic rings. The predicted octanol–water partition coefficient (Wildman–Crippen LogP) is 9.89. The summed E-state index contributed by atoms with van der Waals surface area (Å²) >= 11 is 0. The maximum absolute atomic E-state index is 12.9. The predicted molar refractivity (Wildman–Crippen MR) is 167 cm³/mol. The van der Waals surface area contributed by atoms with Crippen molar-refractivity contribution in [2.24, 2.45) is 11.8 Å². The molecule has 4 nitrogen and oxygen atoms in total. The summed E-state index contributed by atoms with van der Waals surface area (Å²) in [5.74, 6) is 0.659. The average molecular weight is 537 g/mol. The van der Waals surface area contributed by atoms with Crippen molar-refractivity contribution in [3.63, 3.8) is 0 Å². The van der Waals surface area contributed by atoms with E-state index in [0.29, 0.717) is 13.1 Å². The lowest BCUT2D eigenvalue weighted by Gasteiger charge is -2.19. The topological polar surface area (TPSA) is 58.2 Å². The van der Waals surface area contributed by atoms with Gasteiger partial charge in [0.2, 0.25) is 11.8 Å². The maximum atomic E-state index is 12.9. The number of hydrogen-bond acceptors (Lipinski definition) is 2. The second-order valence-electron chi connectivity index (χ2n) is 11.8. The van der Waals surface area contributed by atoms with Crippen LogP contribution < -0.4 is 10.6 Å². The summed E-state index contributed by atoms with van der Waals surface area (Å²) in [5, 5.41) is 6.30. The quantitative estimate of drug-likeness (QED) is 0.0934. The summed E-state index contributed by atoms with van der Waals surface area (Å²) in [6.45, 7) is 10.0. The minimum absolute atomic E-state index is 0.131. The van der Waals surface area contributed by atoms with Crippen molar-refractivity contribution in [2.75, 3.05) is 13.1 Å². The van der Waals surface area contributed by atoms with E-state index >= 15 is 0 Å². The van der Waals surface area contributed by atoms with Crippen molar-refractivity contribution in [3.05, 3.63) is 0 Å². The Bertz CT molecular complexity index is 477. The monoisotopic (exact) mass is 537 g/mol. The SMILES string of the molecule is CCCCCCCCCC(CCCCC)C(=O)NCCNC(=O)C(CCCCC)CCCCCCCCC. The third-order valence-electron chi connectivity index (χ3n) is 8.09. The largest absolute Gasteiger partial charge is 0.354 e. The van der Waals surface area contributed by atoms with Crippen LogP contribution in [0.1, 0.15) is 182 Å². The van der Waals surface area contributed by atoms with Crippen molar-refractivity contribution < 1.29 is 9.59 Å². The lowest BCUT2D eigenvalue weighted by Crippen LogP contribution is -2.39. The van der Waals surface area contributed by atoms with Crippen LogP contribution in [0.2, 0.25) is 0 Å². The van der Waals surface area contributed by atoms with Crippen molar-refractivity contribution in [1.29, 1.82) is 0 Å². The van der Waals surface area contributed by atoms with Gasteiger partial charge in [0.1, 0.15) is 0 Å². The Morgan fingerprint density at radius 1 is 0.395 bits per heavy atom. The van der Waals surface area contributed by atoms with Crippen LogP contribution in [0.15, 0.2) is 0 Å². The van der Waals surface area contributed by atoms with Gasteiger partial charge >= 0.3 is 0 Å². The van der Waals surface area contributed by atoms with Crippen molar-refractivity contribution in [3.8, 4) is 0 Å². The first-order valence-corrected chi connectivity index (χ1v) is 17.2. The van der Waals surface area contributed by atoms with Gasteiger partial charge in [0.05, 0.1) is 0 Å². The molecule has 38 heavy (non-hydrogen) atoms. The smallest absolute Gasteiger partial charge is 0.223 e. The molecule has 2 unspecified atom stereocenters. The lowest BCUT2D eigenvalue weighted by atomic mass is 9.93. The first-order valence-electron chi connectivity index (χ1n) is 17.2. The van der Waals surface area contributed by atoms with Gasteiger partial charge in [-0.25, -0.2) is 0 Å². The molecule has 226 valence electrons. The van der Waals surface area contributed by atoms with E-state index in [1.54, 1.807) is 0 Å². The van der Waals surface area contributed by atoms with Crippen LogP contribution in [0, 0.1) is 11.8 Å². The molecule has 0 aliphatic heterocycles. The lowest BCUT2D eigenvalue weighted by molar-refractivity contribution is -0.127. The highest BCUT2D eigenvalue weighted by molar-refractivity contribution is 5.79. The molecular formula is C34H68N2O2. The van der Waals surface area contributed by atoms with Gasteiger partial charge in [-0.3, -0.25) is 9.59 Å². The van der Waals surface area contributed by atoms with E-state index in [0.717, 1.165) is 51.4 Å². The van der Waals surface area contributed by atoms with Crippen LogP contribution in [0.5, 0.6) is 0 Å². The Balaban J connectivity index is 4.39. The van der Waals surface area contributed by atoms with E-state index in [1.807, 2.05) is 0 Å². The number of unbranched alkanes of at least 4 members (excludes halogenated alkanes) is 16. The molecule has 0 saturated carbocycles. The standard InChI is InChI=1S/C34H68N2O2/c1-5-9-13-15-17-19-23-27-31(25-21-11-7-3)33(37)35-29-30-36-34(38)32(26-22-12-8-4)28-24-20-18-16-14-10-6-2/h31-32H,5-30H2,1-4H3,(H,35,37)(H,36,38). The van der Waals surface area contributed by atoms with Gasteiger partial charge in [-0.05, 0) is 25.7 Å². The van der Waals surface area contributed by atoms with Crippen molar-refractivity contribution in [2.45, 2.75) is 182 Å². The summed E-state index contributed by atoms with van der Waals surface area (Å²) in [6.07, 6.45) is 29.1. The van der Waals surface area contributed by atoms with Crippen LogP contribution in [0.25, 0.3) is 0 Å². The Morgan fingerprint density at radius 3 is 0.947 bits per heavy atom. The second kappa shape index (κ2) is 28.9. The highest BCUT2D eigenvalue weighted by Crippen LogP contribution is 2.20. The maximum Gasteiger partial charge on any atom is 0.223 e. The Hall–Kier alpha value is -1.06. The number of nitrogens with one attached hydrogen (secondary N) is 2. The summed E-state index contributed by atoms with van der Waals surface area (Å²) in [6, 6.07) is 0. The molecule has 0 aliphatic carbocycles. The third-order valence-corrected chi connectivity index (χ3v) is 8.09. The number of carbonyl (C=O) groups is 2. The van der Waals surface area contributed by atoms with Gasteiger partial charge in [-0.15, -0.1) is 0 Å². The molecule has 0 bridgehead atoms.